The molecule has 1 atom stereocenters. The highest BCUT2D eigenvalue weighted by Gasteiger charge is 2.29. The number of ether oxygens (including phenoxy) is 2. The first-order valence-corrected chi connectivity index (χ1v) is 12.1. The van der Waals surface area contributed by atoms with Crippen molar-refractivity contribution in [2.75, 3.05) is 25.1 Å². The number of nitrogens with zero attached hydrogens (tertiary/aromatic N) is 5. The van der Waals surface area contributed by atoms with E-state index in [0.29, 0.717) is 31.3 Å². The molecule has 10 nitrogen and oxygen atoms in total. The normalized spacial score (nSPS) is 15.1. The van der Waals surface area contributed by atoms with Crippen molar-refractivity contribution in [1.82, 2.24) is 24.8 Å². The molecular formula is C27H28N6O4. The van der Waals surface area contributed by atoms with Crippen LogP contribution in [0.1, 0.15) is 24.1 Å². The van der Waals surface area contributed by atoms with E-state index < -0.39 is 6.61 Å². The molecule has 0 bridgehead atoms. The summed E-state index contributed by atoms with van der Waals surface area (Å²) < 4.78 is 12.1. The third kappa shape index (κ3) is 5.59. The van der Waals surface area contributed by atoms with E-state index in [1.54, 1.807) is 23.5 Å². The lowest BCUT2D eigenvalue weighted by Crippen LogP contribution is -2.40. The predicted molar refractivity (Wildman–Crippen MR) is 138 cm³/mol. The first-order valence-electron chi connectivity index (χ1n) is 12.1. The van der Waals surface area contributed by atoms with Crippen molar-refractivity contribution < 1.29 is 19.4 Å². The van der Waals surface area contributed by atoms with E-state index in [9.17, 15) is 9.90 Å². The number of aliphatic hydroxyl groups excluding tert-OH is 1. The number of aliphatic hydroxyl groups is 1. The second-order valence-corrected chi connectivity index (χ2v) is 8.82. The molecule has 190 valence electrons. The van der Waals surface area contributed by atoms with Gasteiger partial charge in [0.2, 0.25) is 5.91 Å². The third-order valence-electron chi connectivity index (χ3n) is 6.32. The second-order valence-electron chi connectivity index (χ2n) is 8.82. The number of carbonyl (C=O) groups excluding carboxylic acids is 1. The quantitative estimate of drug-likeness (QED) is 0.356. The van der Waals surface area contributed by atoms with Gasteiger partial charge in [-0.05, 0) is 55.7 Å². The number of fused-ring (bicyclic) bond motifs is 1. The Morgan fingerprint density at radius 2 is 2.05 bits per heavy atom. The summed E-state index contributed by atoms with van der Waals surface area (Å²) in [5.41, 5.74) is 3.30. The van der Waals surface area contributed by atoms with Gasteiger partial charge in [-0.1, -0.05) is 6.07 Å². The van der Waals surface area contributed by atoms with Crippen LogP contribution in [-0.2, 0) is 11.4 Å². The lowest BCUT2D eigenvalue weighted by atomic mass is 10.1. The molecule has 10 heteroatoms. The van der Waals surface area contributed by atoms with Gasteiger partial charge >= 0.3 is 0 Å². The zero-order valence-electron chi connectivity index (χ0n) is 20.5. The molecular weight excluding hydrogens is 472 g/mol. The van der Waals surface area contributed by atoms with Gasteiger partial charge in [0, 0.05) is 24.6 Å². The molecule has 2 aromatic carbocycles. The fraction of sp³-hybridized carbons (Fsp3) is 0.296. The summed E-state index contributed by atoms with van der Waals surface area (Å²) in [4.78, 5) is 30.9. The zero-order valence-corrected chi connectivity index (χ0v) is 20.5. The Morgan fingerprint density at radius 3 is 2.86 bits per heavy atom. The molecule has 0 radical (unpaired) electrons. The van der Waals surface area contributed by atoms with Gasteiger partial charge in [0.25, 0.3) is 0 Å². The van der Waals surface area contributed by atoms with E-state index in [2.05, 4.69) is 25.3 Å². The van der Waals surface area contributed by atoms with Gasteiger partial charge in [0.05, 0.1) is 28.8 Å². The average Bonchev–Trinajstić information content (AvgIpc) is 3.40. The van der Waals surface area contributed by atoms with E-state index in [1.807, 2.05) is 43.3 Å². The Bertz CT molecular complexity index is 1380. The van der Waals surface area contributed by atoms with Crippen molar-refractivity contribution in [2.45, 2.75) is 32.4 Å². The van der Waals surface area contributed by atoms with Crippen LogP contribution < -0.4 is 14.8 Å². The van der Waals surface area contributed by atoms with Crippen LogP contribution >= 0.6 is 0 Å². The topological polar surface area (TPSA) is 123 Å². The molecule has 1 fully saturated rings. The van der Waals surface area contributed by atoms with Gasteiger partial charge in [0.15, 0.2) is 0 Å². The molecule has 5 rings (SSSR count). The number of hydrogen-bond acceptors (Lipinski definition) is 9. The minimum atomic E-state index is -0.490. The van der Waals surface area contributed by atoms with Gasteiger partial charge in [0.1, 0.15) is 43.5 Å². The molecule has 1 saturated heterocycles. The van der Waals surface area contributed by atoms with Crippen LogP contribution in [0.4, 0.5) is 11.5 Å². The smallest absolute Gasteiger partial charge is 0.248 e. The van der Waals surface area contributed by atoms with E-state index in [-0.39, 0.29) is 11.9 Å². The number of likely N-dealkylation sites (tertiary alicyclic amines) is 1. The van der Waals surface area contributed by atoms with Crippen LogP contribution in [0.2, 0.25) is 0 Å². The summed E-state index contributed by atoms with van der Waals surface area (Å²) in [6.07, 6.45) is 8.19. The van der Waals surface area contributed by atoms with Gasteiger partial charge in [-0.15, -0.1) is 0 Å². The minimum Gasteiger partial charge on any atom is -0.491 e. The highest BCUT2D eigenvalue weighted by molar-refractivity contribution is 5.95. The van der Waals surface area contributed by atoms with Crippen molar-refractivity contribution in [3.05, 3.63) is 72.6 Å². The van der Waals surface area contributed by atoms with Crippen LogP contribution in [0.3, 0.4) is 0 Å². The Morgan fingerprint density at radius 1 is 1.14 bits per heavy atom. The van der Waals surface area contributed by atoms with Crippen LogP contribution in [0.5, 0.6) is 11.5 Å². The van der Waals surface area contributed by atoms with Gasteiger partial charge in [-0.25, -0.2) is 9.97 Å². The van der Waals surface area contributed by atoms with Crippen molar-refractivity contribution in [2.24, 2.45) is 0 Å². The number of aromatic nitrogens is 4. The van der Waals surface area contributed by atoms with Crippen molar-refractivity contribution >= 4 is 28.3 Å². The van der Waals surface area contributed by atoms with Crippen molar-refractivity contribution in [1.29, 1.82) is 0 Å². The summed E-state index contributed by atoms with van der Waals surface area (Å²) in [6, 6.07) is 11.4. The summed E-state index contributed by atoms with van der Waals surface area (Å²) in [5, 5.41) is 13.4. The molecule has 0 spiro atoms. The highest BCUT2D eigenvalue weighted by Crippen LogP contribution is 2.33. The van der Waals surface area contributed by atoms with Crippen LogP contribution in [0, 0.1) is 6.92 Å². The molecule has 1 amide bonds. The number of aryl methyl sites for hydroxylation is 1. The Kier molecular flexibility index (Phi) is 7.36. The fourth-order valence-corrected chi connectivity index (χ4v) is 4.49. The lowest BCUT2D eigenvalue weighted by molar-refractivity contribution is -0.135. The van der Waals surface area contributed by atoms with E-state index >= 15 is 0 Å². The predicted octanol–water partition coefficient (Wildman–Crippen LogP) is 3.41. The molecule has 3 heterocycles. The Labute approximate surface area is 214 Å². The Hall–Kier alpha value is -4.31. The summed E-state index contributed by atoms with van der Waals surface area (Å²) in [6.45, 7) is 2.79. The Balaban J connectivity index is 1.33. The maximum atomic E-state index is 12.0. The molecule has 1 aliphatic heterocycles. The van der Waals surface area contributed by atoms with Crippen LogP contribution in [0.25, 0.3) is 10.9 Å². The number of hydrogen-bond donors (Lipinski definition) is 2. The number of carbonyl (C=O) groups is 1. The van der Waals surface area contributed by atoms with E-state index in [1.165, 1.54) is 6.33 Å². The maximum absolute atomic E-state index is 12.0. The van der Waals surface area contributed by atoms with Gasteiger partial charge in [-0.3, -0.25) is 14.8 Å². The van der Waals surface area contributed by atoms with Crippen molar-refractivity contribution in [3.63, 3.8) is 0 Å². The fourth-order valence-electron chi connectivity index (χ4n) is 4.49. The molecule has 0 unspecified atom stereocenters. The molecule has 37 heavy (non-hydrogen) atoms. The van der Waals surface area contributed by atoms with E-state index in [0.717, 1.165) is 46.4 Å². The number of benzene rings is 2. The molecule has 4 aromatic rings. The molecule has 1 aliphatic rings. The SMILES string of the molecule is Cc1cc(Nc2ncnc3cccc(OC[C@H]4CCCN4C(=O)CO)c23)ccc1OCc1cnccn1. The van der Waals surface area contributed by atoms with Crippen LogP contribution in [-0.4, -0.2) is 61.6 Å². The highest BCUT2D eigenvalue weighted by atomic mass is 16.5. The molecule has 0 aliphatic carbocycles. The van der Waals surface area contributed by atoms with Crippen LogP contribution in [0.15, 0.2) is 61.3 Å². The largest absolute Gasteiger partial charge is 0.491 e. The van der Waals surface area contributed by atoms with Gasteiger partial charge in [-0.2, -0.15) is 0 Å². The number of rotatable bonds is 9. The molecule has 2 N–H and O–H groups in total. The summed E-state index contributed by atoms with van der Waals surface area (Å²) >= 11 is 0. The first kappa shape index (κ1) is 24.4. The molecule has 2 aromatic heterocycles. The summed E-state index contributed by atoms with van der Waals surface area (Å²) in [5.74, 6) is 1.73. The zero-order chi connectivity index (χ0) is 25.6. The summed E-state index contributed by atoms with van der Waals surface area (Å²) in [7, 11) is 0. The molecule has 0 saturated carbocycles. The number of amides is 1. The van der Waals surface area contributed by atoms with E-state index in [4.69, 9.17) is 9.47 Å². The van der Waals surface area contributed by atoms with Crippen molar-refractivity contribution in [3.8, 4) is 11.5 Å². The standard InChI is InChI=1S/C27H28N6O4/c1-18-12-19(7-8-23(18)36-15-20-13-28-9-10-29-20)32-27-26-22(30-17-31-27)5-2-6-24(26)37-16-21-4-3-11-33(21)25(35)14-34/h2,5-10,12-13,17,21,34H,3-4,11,14-16H2,1H3,(H,30,31,32)/t21-/m1/s1. The minimum absolute atomic E-state index is 0.0759. The van der Waals surface area contributed by atoms with Gasteiger partial charge < -0.3 is 24.8 Å². The third-order valence-corrected chi connectivity index (χ3v) is 6.32. The first-order chi connectivity index (χ1) is 18.1. The lowest BCUT2D eigenvalue weighted by Gasteiger charge is -2.24. The monoisotopic (exact) mass is 500 g/mol. The average molecular weight is 501 g/mol. The second kappa shape index (κ2) is 11.2. The number of nitrogens with one attached hydrogen (secondary N) is 1. The maximum Gasteiger partial charge on any atom is 0.248 e. The number of anilines is 2.